The quantitative estimate of drug-likeness (QED) is 0.673. The Hall–Kier alpha value is -2.51. The molecule has 0 unspecified atom stereocenters. The van der Waals surface area contributed by atoms with Crippen molar-refractivity contribution in [2.75, 3.05) is 7.05 Å². The van der Waals surface area contributed by atoms with Gasteiger partial charge in [0.1, 0.15) is 17.6 Å². The first-order chi connectivity index (χ1) is 9.79. The number of nitrogens with one attached hydrogen (secondary N) is 1. The van der Waals surface area contributed by atoms with Crippen molar-refractivity contribution in [3.05, 3.63) is 23.7 Å². The fourth-order valence-electron chi connectivity index (χ4n) is 1.68. The van der Waals surface area contributed by atoms with Crippen molar-refractivity contribution in [2.24, 2.45) is 5.73 Å². The van der Waals surface area contributed by atoms with Crippen LogP contribution in [0.4, 0.5) is 4.79 Å². The number of hydrogen-bond acceptors (Lipinski definition) is 4. The molecule has 1 aromatic heterocycles. The van der Waals surface area contributed by atoms with Crippen molar-refractivity contribution in [3.8, 4) is 0 Å². The smallest absolute Gasteiger partial charge is 0.326 e. The average molecular weight is 297 g/mol. The summed E-state index contributed by atoms with van der Waals surface area (Å²) in [7, 11) is 1.51. The van der Waals surface area contributed by atoms with Gasteiger partial charge >= 0.3 is 12.0 Å². The molecule has 8 heteroatoms. The predicted molar refractivity (Wildman–Crippen MR) is 73.3 cm³/mol. The van der Waals surface area contributed by atoms with Gasteiger partial charge in [-0.15, -0.1) is 0 Å². The molecule has 21 heavy (non-hydrogen) atoms. The van der Waals surface area contributed by atoms with E-state index in [1.807, 2.05) is 0 Å². The number of nitrogens with zero attached hydrogens (tertiary/aromatic N) is 1. The number of carbonyl (C=O) groups is 3. The van der Waals surface area contributed by atoms with Gasteiger partial charge in [0.2, 0.25) is 5.91 Å². The Balaban J connectivity index is 2.55. The standard InChI is InChI=1S/C13H19N3O5/c1-8-3-4-9(21-8)7-16(2)13(20)15-10(12(18)19)5-6-11(14)17/h3-4,10H,5-7H2,1-2H3,(H2,14,17)(H,15,20)(H,18,19)/t10-/m0/s1. The lowest BCUT2D eigenvalue weighted by Crippen LogP contribution is -2.46. The van der Waals surface area contributed by atoms with Gasteiger partial charge in [0.15, 0.2) is 0 Å². The lowest BCUT2D eigenvalue weighted by Gasteiger charge is -2.20. The maximum atomic E-state index is 11.9. The van der Waals surface area contributed by atoms with Crippen molar-refractivity contribution in [1.82, 2.24) is 10.2 Å². The van der Waals surface area contributed by atoms with E-state index in [0.717, 1.165) is 5.76 Å². The Morgan fingerprint density at radius 2 is 2.10 bits per heavy atom. The number of nitrogens with two attached hydrogens (primary N) is 1. The van der Waals surface area contributed by atoms with Crippen LogP contribution < -0.4 is 11.1 Å². The van der Waals surface area contributed by atoms with Crippen LogP contribution in [0, 0.1) is 6.92 Å². The molecule has 0 aliphatic heterocycles. The van der Waals surface area contributed by atoms with Gasteiger partial charge in [-0.2, -0.15) is 0 Å². The summed E-state index contributed by atoms with van der Waals surface area (Å²) < 4.78 is 5.34. The Labute approximate surface area is 121 Å². The van der Waals surface area contributed by atoms with Gasteiger partial charge in [-0.05, 0) is 25.5 Å². The van der Waals surface area contributed by atoms with E-state index in [1.54, 1.807) is 19.1 Å². The maximum Gasteiger partial charge on any atom is 0.326 e. The number of rotatable bonds is 7. The van der Waals surface area contributed by atoms with Crippen LogP contribution in [0.3, 0.4) is 0 Å². The number of carbonyl (C=O) groups excluding carboxylic acids is 2. The number of carboxylic acids is 1. The first kappa shape index (κ1) is 16.5. The Morgan fingerprint density at radius 3 is 2.57 bits per heavy atom. The minimum atomic E-state index is -1.22. The van der Waals surface area contributed by atoms with Crippen LogP contribution in [-0.4, -0.2) is 41.0 Å². The summed E-state index contributed by atoms with van der Waals surface area (Å²) >= 11 is 0. The zero-order valence-electron chi connectivity index (χ0n) is 12.0. The van der Waals surface area contributed by atoms with E-state index in [0.29, 0.717) is 5.76 Å². The minimum Gasteiger partial charge on any atom is -0.480 e. The number of carboxylic acid groups (broad SMARTS) is 1. The summed E-state index contributed by atoms with van der Waals surface area (Å²) in [5.41, 5.74) is 4.97. The minimum absolute atomic E-state index is 0.0515. The van der Waals surface area contributed by atoms with Gasteiger partial charge < -0.3 is 25.5 Å². The highest BCUT2D eigenvalue weighted by Gasteiger charge is 2.22. The van der Waals surface area contributed by atoms with Crippen LogP contribution >= 0.6 is 0 Å². The highest BCUT2D eigenvalue weighted by molar-refractivity contribution is 5.83. The van der Waals surface area contributed by atoms with E-state index in [2.05, 4.69) is 5.32 Å². The molecule has 1 heterocycles. The van der Waals surface area contributed by atoms with E-state index < -0.39 is 23.9 Å². The molecule has 0 spiro atoms. The van der Waals surface area contributed by atoms with E-state index in [4.69, 9.17) is 15.3 Å². The number of urea groups is 1. The number of aliphatic carboxylic acids is 1. The van der Waals surface area contributed by atoms with Gasteiger partial charge in [-0.3, -0.25) is 4.79 Å². The van der Waals surface area contributed by atoms with Crippen LogP contribution in [0.2, 0.25) is 0 Å². The van der Waals surface area contributed by atoms with Crippen molar-refractivity contribution in [3.63, 3.8) is 0 Å². The van der Waals surface area contributed by atoms with Gasteiger partial charge in [0, 0.05) is 13.5 Å². The molecule has 0 radical (unpaired) electrons. The van der Waals surface area contributed by atoms with Gasteiger partial charge in [0.25, 0.3) is 0 Å². The van der Waals surface area contributed by atoms with Crippen LogP contribution in [-0.2, 0) is 16.1 Å². The fourth-order valence-corrected chi connectivity index (χ4v) is 1.68. The lowest BCUT2D eigenvalue weighted by atomic mass is 10.1. The normalized spacial score (nSPS) is 11.7. The zero-order valence-corrected chi connectivity index (χ0v) is 12.0. The van der Waals surface area contributed by atoms with Crippen molar-refractivity contribution < 1.29 is 23.9 Å². The predicted octanol–water partition coefficient (Wildman–Crippen LogP) is 0.448. The maximum absolute atomic E-state index is 11.9. The van der Waals surface area contributed by atoms with Crippen LogP contribution in [0.25, 0.3) is 0 Å². The second kappa shape index (κ2) is 7.32. The molecule has 1 atom stereocenters. The summed E-state index contributed by atoms with van der Waals surface area (Å²) in [5.74, 6) is -0.514. The van der Waals surface area contributed by atoms with Crippen LogP contribution in [0.5, 0.6) is 0 Å². The van der Waals surface area contributed by atoms with Crippen LogP contribution in [0.1, 0.15) is 24.4 Å². The van der Waals surface area contributed by atoms with Crippen molar-refractivity contribution >= 4 is 17.9 Å². The molecule has 0 aromatic carbocycles. The SMILES string of the molecule is Cc1ccc(CN(C)C(=O)N[C@@H](CCC(N)=O)C(=O)O)o1. The summed E-state index contributed by atoms with van der Waals surface area (Å²) in [4.78, 5) is 34.9. The first-order valence-electron chi connectivity index (χ1n) is 6.37. The molecular weight excluding hydrogens is 278 g/mol. The summed E-state index contributed by atoms with van der Waals surface area (Å²) in [6.07, 6.45) is -0.164. The number of primary amides is 1. The molecule has 1 rings (SSSR count). The topological polar surface area (TPSA) is 126 Å². The molecule has 0 aliphatic rings. The summed E-state index contributed by atoms with van der Waals surface area (Å²) in [6.45, 7) is 2.00. The molecule has 0 saturated carbocycles. The second-order valence-electron chi connectivity index (χ2n) is 4.71. The highest BCUT2D eigenvalue weighted by Crippen LogP contribution is 2.09. The number of furan rings is 1. The van der Waals surface area contributed by atoms with Crippen LogP contribution in [0.15, 0.2) is 16.5 Å². The van der Waals surface area contributed by atoms with Gasteiger partial charge in [0.05, 0.1) is 6.54 Å². The summed E-state index contributed by atoms with van der Waals surface area (Å²) in [6, 6.07) is 1.78. The largest absolute Gasteiger partial charge is 0.480 e. The molecule has 1 aromatic rings. The van der Waals surface area contributed by atoms with E-state index in [-0.39, 0.29) is 19.4 Å². The molecule has 0 aliphatic carbocycles. The van der Waals surface area contributed by atoms with E-state index in [9.17, 15) is 14.4 Å². The summed E-state index contributed by atoms with van der Waals surface area (Å²) in [5, 5.41) is 11.3. The Bertz CT molecular complexity index is 526. The molecule has 0 saturated heterocycles. The molecule has 3 amide bonds. The molecule has 0 bridgehead atoms. The third-order valence-electron chi connectivity index (χ3n) is 2.81. The monoisotopic (exact) mass is 297 g/mol. The van der Waals surface area contributed by atoms with Crippen molar-refractivity contribution in [2.45, 2.75) is 32.4 Å². The lowest BCUT2D eigenvalue weighted by molar-refractivity contribution is -0.139. The third kappa shape index (κ3) is 5.55. The van der Waals surface area contributed by atoms with E-state index >= 15 is 0 Å². The Morgan fingerprint density at radius 1 is 1.43 bits per heavy atom. The molecule has 116 valence electrons. The average Bonchev–Trinajstić information content (AvgIpc) is 2.78. The molecule has 0 fully saturated rings. The second-order valence-corrected chi connectivity index (χ2v) is 4.71. The first-order valence-corrected chi connectivity index (χ1v) is 6.37. The number of aryl methyl sites for hydroxylation is 1. The third-order valence-corrected chi connectivity index (χ3v) is 2.81. The molecule has 8 nitrogen and oxygen atoms in total. The van der Waals surface area contributed by atoms with E-state index in [1.165, 1.54) is 11.9 Å². The van der Waals surface area contributed by atoms with Gasteiger partial charge in [-0.1, -0.05) is 0 Å². The van der Waals surface area contributed by atoms with Gasteiger partial charge in [-0.25, -0.2) is 9.59 Å². The zero-order chi connectivity index (χ0) is 16.0. The van der Waals surface area contributed by atoms with Crippen molar-refractivity contribution in [1.29, 1.82) is 0 Å². The fraction of sp³-hybridized carbons (Fsp3) is 0.462. The number of amides is 3. The highest BCUT2D eigenvalue weighted by atomic mass is 16.4. The molecular formula is C13H19N3O5. The Kier molecular flexibility index (Phi) is 5.77. The number of hydrogen-bond donors (Lipinski definition) is 3. The molecule has 4 N–H and O–H groups in total.